The van der Waals surface area contributed by atoms with Crippen molar-refractivity contribution >= 4 is 41.5 Å². The van der Waals surface area contributed by atoms with Crippen LogP contribution in [0, 0.1) is 0 Å². The van der Waals surface area contributed by atoms with Gasteiger partial charge in [0.25, 0.3) is 0 Å². The summed E-state index contributed by atoms with van der Waals surface area (Å²) < 4.78 is 38.1. The zero-order chi connectivity index (χ0) is 30.8. The van der Waals surface area contributed by atoms with Gasteiger partial charge in [0.1, 0.15) is 10.5 Å². The van der Waals surface area contributed by atoms with Crippen LogP contribution < -0.4 is 4.72 Å². The number of halogens is 2. The molecular formula is C32H43Cl2NO4SSi. The van der Waals surface area contributed by atoms with Crippen molar-refractivity contribution in [1.29, 1.82) is 0 Å². The molecule has 0 amide bonds. The molecule has 224 valence electrons. The van der Waals surface area contributed by atoms with Crippen molar-refractivity contribution in [2.24, 2.45) is 0 Å². The lowest BCUT2D eigenvalue weighted by atomic mass is 9.78. The largest absolute Gasteiger partial charge is 0.411 e. The summed E-state index contributed by atoms with van der Waals surface area (Å²) in [4.78, 5) is -0.167. The summed E-state index contributed by atoms with van der Waals surface area (Å²) in [6, 6.07) is 21.4. The Hall–Kier alpha value is -1.71. The molecule has 41 heavy (non-hydrogen) atoms. The van der Waals surface area contributed by atoms with Crippen LogP contribution in [0.5, 0.6) is 0 Å². The van der Waals surface area contributed by atoms with E-state index in [9.17, 15) is 13.5 Å². The summed E-state index contributed by atoms with van der Waals surface area (Å²) in [5.41, 5.74) is -0.309. The van der Waals surface area contributed by atoms with Crippen LogP contribution in [0.2, 0.25) is 26.2 Å². The van der Waals surface area contributed by atoms with Gasteiger partial charge in [-0.1, -0.05) is 132 Å². The minimum absolute atomic E-state index is 0.0277. The minimum Gasteiger partial charge on any atom is -0.411 e. The molecule has 0 saturated heterocycles. The lowest BCUT2D eigenvalue weighted by Gasteiger charge is -2.52. The number of benzene rings is 3. The molecule has 9 heteroatoms. The standard InChI is InChI=1S/C32H43Cl2NO4SSi/c1-22(2)41(23(3)4,31(6,7)8)39-24(5)30(35-40(37,38)29-21-27(33)19-20-28(29)34)32(36,25-15-11-9-12-16-25)26-17-13-10-14-18-26/h9-24,30,35-36H,1-8H3. The van der Waals surface area contributed by atoms with Crippen molar-refractivity contribution < 1.29 is 18.0 Å². The summed E-state index contributed by atoms with van der Waals surface area (Å²) in [6.07, 6.45) is -0.746. The fraction of sp³-hybridized carbons (Fsp3) is 0.438. The van der Waals surface area contributed by atoms with Crippen LogP contribution >= 0.6 is 23.2 Å². The van der Waals surface area contributed by atoms with E-state index in [4.69, 9.17) is 27.6 Å². The Bertz CT molecular complexity index is 1360. The third kappa shape index (κ3) is 6.77. The lowest BCUT2D eigenvalue weighted by molar-refractivity contribution is -0.00488. The van der Waals surface area contributed by atoms with Crippen molar-refractivity contribution in [2.75, 3.05) is 0 Å². The van der Waals surface area contributed by atoms with Crippen LogP contribution in [0.4, 0.5) is 0 Å². The van der Waals surface area contributed by atoms with Gasteiger partial charge in [0.05, 0.1) is 17.2 Å². The van der Waals surface area contributed by atoms with Crippen LogP contribution in [0.1, 0.15) is 66.5 Å². The Kier molecular flexibility index (Phi) is 10.6. The Morgan fingerprint density at radius 1 is 0.805 bits per heavy atom. The van der Waals surface area contributed by atoms with E-state index in [1.165, 1.54) is 18.2 Å². The molecule has 3 aromatic carbocycles. The third-order valence-electron chi connectivity index (χ3n) is 8.08. The highest BCUT2D eigenvalue weighted by Gasteiger charge is 2.55. The van der Waals surface area contributed by atoms with Crippen LogP contribution in [-0.2, 0) is 20.1 Å². The first-order valence-corrected chi connectivity index (χ1v) is 18.3. The molecule has 0 aliphatic carbocycles. The quantitative estimate of drug-likeness (QED) is 0.207. The van der Waals surface area contributed by atoms with Gasteiger partial charge in [0.15, 0.2) is 0 Å². The van der Waals surface area contributed by atoms with E-state index >= 15 is 0 Å². The van der Waals surface area contributed by atoms with E-state index in [2.05, 4.69) is 53.2 Å². The maximum atomic E-state index is 14.1. The molecule has 3 aromatic rings. The SMILES string of the molecule is CC(O[Si](C(C)C)(C(C)C)C(C)(C)C)C(NS(=O)(=O)c1cc(Cl)ccc1Cl)C(O)(c1ccccc1)c1ccccc1. The maximum Gasteiger partial charge on any atom is 0.242 e. The van der Waals surface area contributed by atoms with E-state index in [1.807, 2.05) is 43.3 Å². The average molecular weight is 637 g/mol. The first-order valence-electron chi connectivity index (χ1n) is 14.0. The Labute approximate surface area is 257 Å². The van der Waals surface area contributed by atoms with E-state index < -0.39 is 36.1 Å². The van der Waals surface area contributed by atoms with E-state index in [-0.39, 0.29) is 31.1 Å². The summed E-state index contributed by atoms with van der Waals surface area (Å²) in [6.45, 7) is 17.1. The molecule has 0 aromatic heterocycles. The van der Waals surface area contributed by atoms with Gasteiger partial charge in [-0.25, -0.2) is 13.1 Å². The smallest absolute Gasteiger partial charge is 0.242 e. The van der Waals surface area contributed by atoms with Gasteiger partial charge < -0.3 is 9.53 Å². The summed E-state index contributed by atoms with van der Waals surface area (Å²) in [7, 11) is -6.91. The van der Waals surface area contributed by atoms with E-state index in [0.717, 1.165) is 0 Å². The molecule has 2 N–H and O–H groups in total. The van der Waals surface area contributed by atoms with Crippen molar-refractivity contribution in [3.05, 3.63) is 100 Å². The molecular weight excluding hydrogens is 593 g/mol. The second-order valence-corrected chi connectivity index (χ2v) is 20.5. The molecule has 0 saturated carbocycles. The Balaban J connectivity index is 2.32. The minimum atomic E-state index is -4.28. The first kappa shape index (κ1) is 33.8. The number of hydrogen-bond acceptors (Lipinski definition) is 4. The van der Waals surface area contributed by atoms with Gasteiger partial charge >= 0.3 is 0 Å². The topological polar surface area (TPSA) is 75.6 Å². The van der Waals surface area contributed by atoms with Crippen molar-refractivity contribution in [1.82, 2.24) is 4.72 Å². The molecule has 0 aliphatic rings. The lowest BCUT2D eigenvalue weighted by Crippen LogP contribution is -2.62. The first-order chi connectivity index (χ1) is 19.0. The molecule has 0 spiro atoms. The van der Waals surface area contributed by atoms with Crippen LogP contribution in [0.15, 0.2) is 83.8 Å². The average Bonchev–Trinajstić information content (AvgIpc) is 2.91. The Morgan fingerprint density at radius 2 is 1.27 bits per heavy atom. The summed E-state index contributed by atoms with van der Waals surface area (Å²) >= 11 is 12.6. The molecule has 0 bridgehead atoms. The van der Waals surface area contributed by atoms with Crippen molar-refractivity contribution in [2.45, 2.75) is 94.2 Å². The van der Waals surface area contributed by atoms with Gasteiger partial charge in [0.2, 0.25) is 18.3 Å². The van der Waals surface area contributed by atoms with E-state index in [0.29, 0.717) is 11.1 Å². The number of nitrogens with one attached hydrogen (secondary N) is 1. The maximum absolute atomic E-state index is 14.1. The second-order valence-electron chi connectivity index (χ2n) is 12.3. The Morgan fingerprint density at radius 3 is 1.68 bits per heavy atom. The second kappa shape index (κ2) is 12.9. The zero-order valence-corrected chi connectivity index (χ0v) is 28.5. The van der Waals surface area contributed by atoms with Crippen LogP contribution in [0.3, 0.4) is 0 Å². The molecule has 5 nitrogen and oxygen atoms in total. The predicted octanol–water partition coefficient (Wildman–Crippen LogP) is 8.55. The highest BCUT2D eigenvalue weighted by Crippen LogP contribution is 2.52. The van der Waals surface area contributed by atoms with Crippen LogP contribution in [0.25, 0.3) is 0 Å². The molecule has 0 fully saturated rings. The molecule has 0 aliphatic heterocycles. The zero-order valence-electron chi connectivity index (χ0n) is 25.2. The monoisotopic (exact) mass is 635 g/mol. The fourth-order valence-corrected chi connectivity index (χ4v) is 15.1. The van der Waals surface area contributed by atoms with Gasteiger partial charge in [-0.15, -0.1) is 0 Å². The molecule has 0 heterocycles. The van der Waals surface area contributed by atoms with Gasteiger partial charge in [-0.2, -0.15) is 0 Å². The van der Waals surface area contributed by atoms with E-state index in [1.54, 1.807) is 24.3 Å². The van der Waals surface area contributed by atoms with Gasteiger partial charge in [0, 0.05) is 5.02 Å². The number of rotatable bonds is 11. The fourth-order valence-electron chi connectivity index (χ4n) is 6.57. The van der Waals surface area contributed by atoms with Crippen molar-refractivity contribution in [3.63, 3.8) is 0 Å². The number of sulfonamides is 1. The summed E-state index contributed by atoms with van der Waals surface area (Å²) in [5, 5.41) is 12.9. The van der Waals surface area contributed by atoms with Crippen LogP contribution in [-0.4, -0.2) is 34.0 Å². The molecule has 2 atom stereocenters. The molecule has 0 radical (unpaired) electrons. The third-order valence-corrected chi connectivity index (χ3v) is 16.8. The summed E-state index contributed by atoms with van der Waals surface area (Å²) in [5.74, 6) is 0. The molecule has 2 unspecified atom stereocenters. The number of hydrogen-bond donors (Lipinski definition) is 2. The predicted molar refractivity (Wildman–Crippen MR) is 173 cm³/mol. The van der Waals surface area contributed by atoms with Gasteiger partial charge in [-0.3, -0.25) is 0 Å². The normalized spacial score (nSPS) is 14.9. The number of aliphatic hydroxyl groups is 1. The molecule has 3 rings (SSSR count). The van der Waals surface area contributed by atoms with Crippen molar-refractivity contribution in [3.8, 4) is 0 Å². The van der Waals surface area contributed by atoms with Gasteiger partial charge in [-0.05, 0) is 52.4 Å². The highest BCUT2D eigenvalue weighted by atomic mass is 35.5. The highest BCUT2D eigenvalue weighted by molar-refractivity contribution is 7.89.